The van der Waals surface area contributed by atoms with Crippen LogP contribution in [0.4, 0.5) is 4.79 Å². The van der Waals surface area contributed by atoms with Crippen LogP contribution in [0, 0.1) is 5.92 Å². The van der Waals surface area contributed by atoms with Crippen LogP contribution in [0.1, 0.15) is 61.9 Å². The quantitative estimate of drug-likeness (QED) is 0.0554. The summed E-state index contributed by atoms with van der Waals surface area (Å²) in [5.74, 6) is -2.28. The standard InChI is InChI=1S/C45H53N7O7/c1-30(2)23-37(40(53)26-42(55)52-51-41(54)22-11-17-31-13-5-3-6-14-31)48-44(57)39(25-35-27-46-29-47-35)49-43(56)38(50-45(58)59-28-32-15-7-4-8-16-32)24-34-20-12-19-33-18-9-10-21-36(33)34/h3-10,12-16,18-21,27,29-30,37-40,53H,11,17,22-26,28H2,1-2H3,(H,46,47)(H,48,57)(H,49,56)(H,50,58)(H,51,54)(H,52,55). The normalized spacial score (nSPS) is 13.1. The van der Waals surface area contributed by atoms with Gasteiger partial charge in [0.1, 0.15) is 18.7 Å². The van der Waals surface area contributed by atoms with Crippen molar-refractivity contribution in [3.63, 3.8) is 0 Å². The van der Waals surface area contributed by atoms with Gasteiger partial charge in [0.05, 0.1) is 24.9 Å². The van der Waals surface area contributed by atoms with Crippen LogP contribution in [-0.4, -0.2) is 69.0 Å². The van der Waals surface area contributed by atoms with Gasteiger partial charge in [-0.25, -0.2) is 9.78 Å². The number of aliphatic hydroxyl groups is 1. The fourth-order valence-electron chi connectivity index (χ4n) is 6.69. The largest absolute Gasteiger partial charge is 0.445 e. The maximum atomic E-state index is 14.2. The van der Waals surface area contributed by atoms with E-state index in [4.69, 9.17) is 4.74 Å². The smallest absolute Gasteiger partial charge is 0.408 e. The number of H-pyrrole nitrogens is 1. The molecule has 59 heavy (non-hydrogen) atoms. The second-order valence-corrected chi connectivity index (χ2v) is 14.9. The summed E-state index contributed by atoms with van der Waals surface area (Å²) in [6.45, 7) is 3.80. The van der Waals surface area contributed by atoms with Gasteiger partial charge in [-0.3, -0.25) is 30.0 Å². The third kappa shape index (κ3) is 14.4. The van der Waals surface area contributed by atoms with Crippen LogP contribution in [0.15, 0.2) is 116 Å². The molecule has 14 heteroatoms. The Morgan fingerprint density at radius 1 is 0.729 bits per heavy atom. The first kappa shape index (κ1) is 43.6. The van der Waals surface area contributed by atoms with Gasteiger partial charge < -0.3 is 30.8 Å². The molecule has 0 aliphatic heterocycles. The highest BCUT2D eigenvalue weighted by atomic mass is 16.5. The molecule has 1 heterocycles. The molecule has 0 radical (unpaired) electrons. The molecule has 7 N–H and O–H groups in total. The molecular weight excluding hydrogens is 751 g/mol. The number of aliphatic hydroxyl groups excluding tert-OH is 1. The van der Waals surface area contributed by atoms with Crippen molar-refractivity contribution in [1.29, 1.82) is 0 Å². The minimum atomic E-state index is -1.33. The van der Waals surface area contributed by atoms with Crippen LogP contribution in [-0.2, 0) is 49.8 Å². The average molecular weight is 804 g/mol. The van der Waals surface area contributed by atoms with Crippen molar-refractivity contribution in [2.45, 2.75) is 89.6 Å². The van der Waals surface area contributed by atoms with Crippen molar-refractivity contribution in [2.24, 2.45) is 5.92 Å². The topological polar surface area (TPSA) is 204 Å². The molecule has 1 aromatic heterocycles. The molecule has 14 nitrogen and oxygen atoms in total. The van der Waals surface area contributed by atoms with E-state index in [9.17, 15) is 29.1 Å². The van der Waals surface area contributed by atoms with Gasteiger partial charge in [-0.2, -0.15) is 0 Å². The first-order chi connectivity index (χ1) is 28.5. The Morgan fingerprint density at radius 2 is 1.37 bits per heavy atom. The monoisotopic (exact) mass is 803 g/mol. The predicted molar refractivity (Wildman–Crippen MR) is 223 cm³/mol. The van der Waals surface area contributed by atoms with Gasteiger partial charge >= 0.3 is 6.09 Å². The fraction of sp³-hybridized carbons (Fsp3) is 0.333. The lowest BCUT2D eigenvalue weighted by Crippen LogP contribution is -2.57. The first-order valence-corrected chi connectivity index (χ1v) is 19.9. The number of ether oxygens (including phenoxy) is 1. The van der Waals surface area contributed by atoms with E-state index in [0.717, 1.165) is 27.5 Å². The first-order valence-electron chi connectivity index (χ1n) is 19.9. The van der Waals surface area contributed by atoms with Gasteiger partial charge in [0.25, 0.3) is 0 Å². The number of aryl methyl sites for hydroxylation is 1. The zero-order valence-corrected chi connectivity index (χ0v) is 33.4. The molecule has 0 saturated carbocycles. The van der Waals surface area contributed by atoms with Crippen molar-refractivity contribution in [2.75, 3.05) is 0 Å². The molecule has 0 spiro atoms. The molecular formula is C45H53N7O7. The van der Waals surface area contributed by atoms with Crippen molar-refractivity contribution >= 4 is 40.5 Å². The number of carbonyl (C=O) groups excluding carboxylic acids is 5. The van der Waals surface area contributed by atoms with E-state index in [2.05, 4.69) is 36.8 Å². The van der Waals surface area contributed by atoms with Gasteiger partial charge in [0.15, 0.2) is 0 Å². The summed E-state index contributed by atoms with van der Waals surface area (Å²) < 4.78 is 5.48. The van der Waals surface area contributed by atoms with E-state index in [1.807, 2.05) is 117 Å². The summed E-state index contributed by atoms with van der Waals surface area (Å²) >= 11 is 0. The number of aromatic amines is 1. The number of nitrogens with zero attached hydrogens (tertiary/aromatic N) is 1. The SMILES string of the molecule is CC(C)CC(NC(=O)C(Cc1cnc[nH]1)NC(=O)C(Cc1cccc2ccccc12)NC(=O)OCc1ccccc1)C(O)CC(=O)NNC(=O)CCCc1ccccc1. The van der Waals surface area contributed by atoms with Crippen LogP contribution in [0.25, 0.3) is 10.8 Å². The highest BCUT2D eigenvalue weighted by Crippen LogP contribution is 2.20. The number of amides is 5. The Bertz CT molecular complexity index is 2110. The van der Waals surface area contributed by atoms with Crippen molar-refractivity contribution in [3.8, 4) is 0 Å². The molecule has 0 saturated heterocycles. The Kier molecular flexibility index (Phi) is 16.6. The zero-order chi connectivity index (χ0) is 42.0. The number of hydrogen-bond acceptors (Lipinski definition) is 8. The van der Waals surface area contributed by atoms with Crippen LogP contribution >= 0.6 is 0 Å². The molecule has 4 unspecified atom stereocenters. The number of carbonyl (C=O) groups is 5. The third-order valence-electron chi connectivity index (χ3n) is 9.70. The minimum Gasteiger partial charge on any atom is -0.445 e. The number of nitrogens with one attached hydrogen (secondary N) is 6. The molecule has 5 amide bonds. The Morgan fingerprint density at radius 3 is 2.08 bits per heavy atom. The number of benzene rings is 4. The lowest BCUT2D eigenvalue weighted by atomic mass is 9.96. The lowest BCUT2D eigenvalue weighted by Gasteiger charge is -2.29. The summed E-state index contributed by atoms with van der Waals surface area (Å²) in [7, 11) is 0. The molecule has 4 aromatic carbocycles. The number of fused-ring (bicyclic) bond motifs is 1. The highest BCUT2D eigenvalue weighted by molar-refractivity contribution is 5.93. The van der Waals surface area contributed by atoms with Gasteiger partial charge in [-0.1, -0.05) is 117 Å². The van der Waals surface area contributed by atoms with Crippen LogP contribution in [0.3, 0.4) is 0 Å². The average Bonchev–Trinajstić information content (AvgIpc) is 3.75. The van der Waals surface area contributed by atoms with Crippen LogP contribution < -0.4 is 26.8 Å². The second kappa shape index (κ2) is 22.4. The molecule has 0 fully saturated rings. The maximum absolute atomic E-state index is 14.2. The van der Waals surface area contributed by atoms with E-state index in [1.165, 1.54) is 12.5 Å². The second-order valence-electron chi connectivity index (χ2n) is 14.9. The van der Waals surface area contributed by atoms with Gasteiger partial charge in [0.2, 0.25) is 23.6 Å². The molecule has 0 bridgehead atoms. The van der Waals surface area contributed by atoms with Crippen molar-refractivity contribution in [3.05, 3.63) is 138 Å². The lowest BCUT2D eigenvalue weighted by molar-refractivity contribution is -0.132. The van der Waals surface area contributed by atoms with Crippen LogP contribution in [0.5, 0.6) is 0 Å². The molecule has 5 aromatic rings. The van der Waals surface area contributed by atoms with E-state index in [1.54, 1.807) is 0 Å². The summed E-state index contributed by atoms with van der Waals surface area (Å²) in [4.78, 5) is 73.7. The fourth-order valence-corrected chi connectivity index (χ4v) is 6.69. The number of rotatable bonds is 20. The number of imidazole rings is 1. The number of alkyl carbamates (subject to hydrolysis) is 1. The molecule has 310 valence electrons. The number of aromatic nitrogens is 2. The highest BCUT2D eigenvalue weighted by Gasteiger charge is 2.32. The van der Waals surface area contributed by atoms with E-state index >= 15 is 0 Å². The van der Waals surface area contributed by atoms with Crippen LogP contribution in [0.2, 0.25) is 0 Å². The van der Waals surface area contributed by atoms with Crippen molar-refractivity contribution < 1.29 is 33.8 Å². The number of hydrogen-bond donors (Lipinski definition) is 7. The zero-order valence-electron chi connectivity index (χ0n) is 33.4. The van der Waals surface area contributed by atoms with Gasteiger partial charge in [-0.05, 0) is 52.6 Å². The third-order valence-corrected chi connectivity index (χ3v) is 9.70. The van der Waals surface area contributed by atoms with E-state index in [0.29, 0.717) is 25.0 Å². The van der Waals surface area contributed by atoms with Gasteiger partial charge in [0, 0.05) is 31.2 Å². The van der Waals surface area contributed by atoms with Gasteiger partial charge in [-0.15, -0.1) is 0 Å². The minimum absolute atomic E-state index is 0.000786. The molecule has 0 aliphatic carbocycles. The summed E-state index contributed by atoms with van der Waals surface area (Å²) in [5.41, 5.74) is 7.96. The molecule has 0 aliphatic rings. The predicted octanol–water partition coefficient (Wildman–Crippen LogP) is 4.58. The Balaban J connectivity index is 1.26. The van der Waals surface area contributed by atoms with E-state index in [-0.39, 0.29) is 37.7 Å². The molecule has 4 atom stereocenters. The summed E-state index contributed by atoms with van der Waals surface area (Å²) in [5, 5.41) is 21.5. The number of hydrazine groups is 1. The van der Waals surface area contributed by atoms with E-state index < -0.39 is 54.5 Å². The maximum Gasteiger partial charge on any atom is 0.408 e. The Hall–Kier alpha value is -6.54. The summed E-state index contributed by atoms with van der Waals surface area (Å²) in [6, 6.07) is 29.0. The Labute approximate surface area is 343 Å². The summed E-state index contributed by atoms with van der Waals surface area (Å²) in [6.07, 6.45) is 2.29. The van der Waals surface area contributed by atoms with Crippen molar-refractivity contribution in [1.82, 2.24) is 36.8 Å². The molecule has 5 rings (SSSR count).